The summed E-state index contributed by atoms with van der Waals surface area (Å²) in [5.74, 6) is -0.463. The van der Waals surface area contributed by atoms with Gasteiger partial charge in [0.1, 0.15) is 11.7 Å². The Kier molecular flexibility index (Phi) is 7.31. The fourth-order valence-corrected chi connectivity index (χ4v) is 3.34. The number of carbonyl (C=O) groups excluding carboxylic acids is 1. The van der Waals surface area contributed by atoms with E-state index in [1.54, 1.807) is 6.92 Å². The number of hydrogen-bond donors (Lipinski definition) is 1. The number of aromatic nitrogens is 4. The second-order valence-electron chi connectivity index (χ2n) is 6.32. The van der Waals surface area contributed by atoms with Gasteiger partial charge in [-0.1, -0.05) is 11.6 Å². The molecule has 2 aromatic heterocycles. The Labute approximate surface area is 176 Å². The molecule has 0 unspecified atom stereocenters. The van der Waals surface area contributed by atoms with E-state index in [1.165, 1.54) is 18.5 Å². The van der Waals surface area contributed by atoms with Crippen molar-refractivity contribution >= 4 is 33.4 Å². The van der Waals surface area contributed by atoms with Gasteiger partial charge >= 0.3 is 6.18 Å². The lowest BCUT2D eigenvalue weighted by Crippen LogP contribution is -2.33. The zero-order valence-corrected chi connectivity index (χ0v) is 18.0. The minimum Gasteiger partial charge on any atom is -0.354 e. The fraction of sp³-hybridized carbons (Fsp3) is 0.562. The first kappa shape index (κ1) is 23.6. The number of nitrogens with zero attached hydrogens (tertiary/aromatic N) is 4. The molecule has 6 nitrogen and oxygen atoms in total. The van der Waals surface area contributed by atoms with Gasteiger partial charge in [-0.15, -0.1) is 0 Å². The molecule has 162 valence electrons. The number of carbonyl (C=O) groups is 1. The van der Waals surface area contributed by atoms with E-state index in [2.05, 4.69) is 31.4 Å². The van der Waals surface area contributed by atoms with E-state index in [4.69, 9.17) is 11.6 Å². The van der Waals surface area contributed by atoms with Crippen molar-refractivity contribution in [1.29, 1.82) is 0 Å². The Bertz CT molecular complexity index is 895. The molecule has 0 fully saturated rings. The first-order valence-corrected chi connectivity index (χ1v) is 9.63. The highest BCUT2D eigenvalue weighted by Gasteiger charge is 2.38. The predicted octanol–water partition coefficient (Wildman–Crippen LogP) is 4.84. The van der Waals surface area contributed by atoms with Gasteiger partial charge in [0.2, 0.25) is 5.91 Å². The van der Waals surface area contributed by atoms with Gasteiger partial charge in [0.15, 0.2) is 5.69 Å². The largest absolute Gasteiger partial charge is 0.436 e. The summed E-state index contributed by atoms with van der Waals surface area (Å²) in [6.07, 6.45) is -7.15. The van der Waals surface area contributed by atoms with Gasteiger partial charge in [-0.05, 0) is 43.1 Å². The van der Waals surface area contributed by atoms with Crippen molar-refractivity contribution in [3.63, 3.8) is 0 Å². The Morgan fingerprint density at radius 3 is 2.34 bits per heavy atom. The summed E-state index contributed by atoms with van der Waals surface area (Å²) in [6.45, 7) is 4.73. The molecule has 0 spiro atoms. The quantitative estimate of drug-likeness (QED) is 0.432. The first-order chi connectivity index (χ1) is 13.4. The van der Waals surface area contributed by atoms with Crippen LogP contribution in [0.4, 0.5) is 22.0 Å². The minimum atomic E-state index is -4.65. The summed E-state index contributed by atoms with van der Waals surface area (Å²) in [4.78, 5) is 12.3. The first-order valence-electron chi connectivity index (χ1n) is 8.46. The van der Waals surface area contributed by atoms with Crippen molar-refractivity contribution in [2.24, 2.45) is 0 Å². The van der Waals surface area contributed by atoms with Gasteiger partial charge in [0.05, 0.1) is 20.9 Å². The van der Waals surface area contributed by atoms with E-state index in [0.29, 0.717) is 12.1 Å². The molecule has 2 aromatic rings. The zero-order valence-electron chi connectivity index (χ0n) is 15.6. The Hall–Kier alpha value is -1.69. The van der Waals surface area contributed by atoms with Crippen LogP contribution in [0.2, 0.25) is 5.02 Å². The smallest absolute Gasteiger partial charge is 0.354 e. The summed E-state index contributed by atoms with van der Waals surface area (Å²) in [5, 5.41) is 9.41. The highest BCUT2D eigenvalue weighted by molar-refractivity contribution is 9.10. The van der Waals surface area contributed by atoms with Gasteiger partial charge < -0.3 is 5.32 Å². The molecule has 0 saturated carbocycles. The highest BCUT2D eigenvalue weighted by atomic mass is 79.9. The molecule has 29 heavy (non-hydrogen) atoms. The zero-order chi connectivity index (χ0) is 22.1. The van der Waals surface area contributed by atoms with Crippen molar-refractivity contribution in [3.8, 4) is 0 Å². The minimum absolute atomic E-state index is 0.109. The van der Waals surface area contributed by atoms with Crippen molar-refractivity contribution in [2.75, 3.05) is 6.54 Å². The summed E-state index contributed by atoms with van der Waals surface area (Å²) < 4.78 is 66.8. The van der Waals surface area contributed by atoms with Crippen LogP contribution < -0.4 is 5.32 Å². The van der Waals surface area contributed by atoms with E-state index in [0.717, 1.165) is 4.68 Å². The third-order valence-electron chi connectivity index (χ3n) is 4.30. The number of hydrogen-bond acceptors (Lipinski definition) is 3. The van der Waals surface area contributed by atoms with Gasteiger partial charge in [-0.25, -0.2) is 8.78 Å². The third-order valence-corrected chi connectivity index (χ3v) is 5.74. The maximum absolute atomic E-state index is 12.9. The molecule has 1 amide bonds. The van der Waals surface area contributed by atoms with Crippen LogP contribution in [0.5, 0.6) is 0 Å². The van der Waals surface area contributed by atoms with Gasteiger partial charge in [-0.3, -0.25) is 14.2 Å². The van der Waals surface area contributed by atoms with Gasteiger partial charge in [0.25, 0.3) is 6.43 Å². The van der Waals surface area contributed by atoms with Crippen molar-refractivity contribution in [3.05, 3.63) is 32.3 Å². The monoisotopic (exact) mass is 505 g/mol. The second kappa shape index (κ2) is 8.99. The van der Waals surface area contributed by atoms with Crippen molar-refractivity contribution in [2.45, 2.75) is 52.4 Å². The molecule has 0 saturated heterocycles. The topological polar surface area (TPSA) is 64.7 Å². The molecule has 0 aromatic carbocycles. The molecule has 0 aliphatic heterocycles. The molecule has 1 N–H and O–H groups in total. The molecule has 2 rings (SSSR count). The van der Waals surface area contributed by atoms with E-state index in [1.807, 2.05) is 0 Å². The molecule has 0 aliphatic rings. The Morgan fingerprint density at radius 1 is 1.24 bits per heavy atom. The summed E-state index contributed by atoms with van der Waals surface area (Å²) in [7, 11) is 0. The lowest BCUT2D eigenvalue weighted by Gasteiger charge is -2.14. The maximum atomic E-state index is 12.9. The molecule has 0 radical (unpaired) electrons. The van der Waals surface area contributed by atoms with Crippen molar-refractivity contribution in [1.82, 2.24) is 24.9 Å². The molecule has 0 aliphatic carbocycles. The average molecular weight is 507 g/mol. The molecule has 2 heterocycles. The van der Waals surface area contributed by atoms with Crippen LogP contribution in [0.25, 0.3) is 0 Å². The number of halogens is 7. The summed E-state index contributed by atoms with van der Waals surface area (Å²) in [5.41, 5.74) is -1.04. The molecule has 0 bridgehead atoms. The SMILES string of the molecule is Cc1c(Cl)c(C(F)(F)F)nn1CCCNC(=O)[C@@H](C)n1nc(C(F)F)c(Br)c1C. The highest BCUT2D eigenvalue weighted by Crippen LogP contribution is 2.35. The van der Waals surface area contributed by atoms with E-state index in [-0.39, 0.29) is 23.3 Å². The maximum Gasteiger partial charge on any atom is 0.436 e. The molecular formula is C16H18BrClF5N5O. The molecular weight excluding hydrogens is 489 g/mol. The van der Waals surface area contributed by atoms with E-state index < -0.39 is 41.0 Å². The van der Waals surface area contributed by atoms with Crippen LogP contribution in [0.1, 0.15) is 48.6 Å². The standard InChI is InChI=1S/C16H18BrClF5N5O/c1-7-10(17)12(14(19)20)25-28(7)9(3)15(29)24-5-4-6-27-8(2)11(18)13(26-27)16(21,22)23/h9,14H,4-6H2,1-3H3,(H,24,29)/t9-/m1/s1. The molecule has 13 heteroatoms. The van der Waals surface area contributed by atoms with Crippen molar-refractivity contribution < 1.29 is 26.7 Å². The van der Waals surface area contributed by atoms with Crippen LogP contribution in [-0.2, 0) is 17.5 Å². The second-order valence-corrected chi connectivity index (χ2v) is 7.49. The summed E-state index contributed by atoms with van der Waals surface area (Å²) in [6, 6.07) is -0.850. The Balaban J connectivity index is 1.95. The summed E-state index contributed by atoms with van der Waals surface area (Å²) >= 11 is 8.72. The number of rotatable bonds is 7. The number of aryl methyl sites for hydroxylation is 1. The predicted molar refractivity (Wildman–Crippen MR) is 98.9 cm³/mol. The average Bonchev–Trinajstić information content (AvgIpc) is 3.09. The van der Waals surface area contributed by atoms with Crippen LogP contribution in [0.15, 0.2) is 4.47 Å². The Morgan fingerprint density at radius 2 is 1.86 bits per heavy atom. The number of alkyl halides is 5. The van der Waals surface area contributed by atoms with Gasteiger partial charge in [-0.2, -0.15) is 23.4 Å². The van der Waals surface area contributed by atoms with E-state index in [9.17, 15) is 26.7 Å². The van der Waals surface area contributed by atoms with Crippen LogP contribution in [-0.4, -0.2) is 32.0 Å². The lowest BCUT2D eigenvalue weighted by molar-refractivity contribution is -0.141. The fourth-order valence-electron chi connectivity index (χ4n) is 2.66. The van der Waals surface area contributed by atoms with Crippen LogP contribution in [0.3, 0.4) is 0 Å². The molecule has 1 atom stereocenters. The van der Waals surface area contributed by atoms with Crippen LogP contribution >= 0.6 is 27.5 Å². The van der Waals surface area contributed by atoms with E-state index >= 15 is 0 Å². The normalized spacial score (nSPS) is 13.2. The third kappa shape index (κ3) is 5.08. The van der Waals surface area contributed by atoms with Crippen LogP contribution in [0, 0.1) is 13.8 Å². The van der Waals surface area contributed by atoms with Gasteiger partial charge in [0, 0.05) is 13.1 Å². The lowest BCUT2D eigenvalue weighted by atomic mass is 10.3. The number of amides is 1. The number of nitrogens with one attached hydrogen (secondary N) is 1.